The molecule has 24 heavy (non-hydrogen) atoms. The van der Waals surface area contributed by atoms with E-state index in [2.05, 4.69) is 10.9 Å². The Labute approximate surface area is 141 Å². The van der Waals surface area contributed by atoms with Gasteiger partial charge in [0.05, 0.1) is 0 Å². The second-order valence-corrected chi connectivity index (χ2v) is 6.70. The molecule has 0 aliphatic heterocycles. The first-order valence-electron chi connectivity index (χ1n) is 8.43. The number of carbonyl (C=O) groups excluding carboxylic acids is 2. The molecule has 2 N–H and O–H groups in total. The summed E-state index contributed by atoms with van der Waals surface area (Å²) in [6.45, 7) is 0. The molecule has 0 heterocycles. The first kappa shape index (κ1) is 14.9. The van der Waals surface area contributed by atoms with Gasteiger partial charge in [0.2, 0.25) is 11.8 Å². The molecule has 4 nitrogen and oxygen atoms in total. The maximum atomic E-state index is 12.2. The molecule has 122 valence electrons. The Morgan fingerprint density at radius 1 is 0.667 bits per heavy atom. The normalized spacial score (nSPS) is 27.2. The lowest BCUT2D eigenvalue weighted by Gasteiger charge is -2.07. The molecule has 0 spiro atoms. The van der Waals surface area contributed by atoms with Crippen LogP contribution in [0.15, 0.2) is 60.7 Å². The fourth-order valence-electron chi connectivity index (χ4n) is 3.42. The molecular formula is C20H20N2O2. The highest BCUT2D eigenvalue weighted by molar-refractivity contribution is 5.88. The highest BCUT2D eigenvalue weighted by Crippen LogP contribution is 2.48. The largest absolute Gasteiger partial charge is 0.273 e. The third-order valence-corrected chi connectivity index (χ3v) is 5.02. The quantitative estimate of drug-likeness (QED) is 0.851. The number of amides is 2. The third-order valence-electron chi connectivity index (χ3n) is 5.02. The highest BCUT2D eigenvalue weighted by Gasteiger charge is 2.46. The van der Waals surface area contributed by atoms with Crippen molar-refractivity contribution in [2.75, 3.05) is 0 Å². The Morgan fingerprint density at radius 3 is 1.42 bits per heavy atom. The second kappa shape index (κ2) is 6.11. The Kier molecular flexibility index (Phi) is 3.81. The molecule has 2 aromatic rings. The van der Waals surface area contributed by atoms with E-state index in [-0.39, 0.29) is 35.5 Å². The van der Waals surface area contributed by atoms with E-state index in [1.807, 2.05) is 60.7 Å². The molecule has 0 bridgehead atoms. The van der Waals surface area contributed by atoms with Gasteiger partial charge in [-0.15, -0.1) is 0 Å². The monoisotopic (exact) mass is 320 g/mol. The fraction of sp³-hybridized carbons (Fsp3) is 0.300. The molecule has 0 aromatic heterocycles. The molecule has 4 rings (SSSR count). The van der Waals surface area contributed by atoms with Crippen LogP contribution in [0.2, 0.25) is 0 Å². The lowest BCUT2D eigenvalue weighted by molar-refractivity contribution is -0.130. The molecule has 0 saturated heterocycles. The summed E-state index contributed by atoms with van der Waals surface area (Å²) in [6, 6.07) is 20.1. The zero-order chi connectivity index (χ0) is 16.5. The predicted molar refractivity (Wildman–Crippen MR) is 90.9 cm³/mol. The van der Waals surface area contributed by atoms with E-state index in [4.69, 9.17) is 0 Å². The predicted octanol–water partition coefficient (Wildman–Crippen LogP) is 2.74. The van der Waals surface area contributed by atoms with Gasteiger partial charge in [-0.25, -0.2) is 0 Å². The summed E-state index contributed by atoms with van der Waals surface area (Å²) in [4.78, 5) is 24.3. The molecule has 4 atom stereocenters. The van der Waals surface area contributed by atoms with E-state index in [0.717, 1.165) is 12.8 Å². The molecular weight excluding hydrogens is 300 g/mol. The first-order valence-corrected chi connectivity index (χ1v) is 8.43. The summed E-state index contributed by atoms with van der Waals surface area (Å²) < 4.78 is 0. The topological polar surface area (TPSA) is 58.2 Å². The summed E-state index contributed by atoms with van der Waals surface area (Å²) in [7, 11) is 0. The standard InChI is InChI=1S/C20H20N2O2/c23-19(17-11-15(17)13-7-3-1-4-8-13)21-22-20(24)18-12-16(18)14-9-5-2-6-10-14/h1-10,15-18H,11-12H2,(H,21,23)(H,22,24)/t15-,16+,17-,18+. The van der Waals surface area contributed by atoms with Crippen LogP contribution >= 0.6 is 0 Å². The Hall–Kier alpha value is -2.62. The van der Waals surface area contributed by atoms with Crippen molar-refractivity contribution in [3.8, 4) is 0 Å². The van der Waals surface area contributed by atoms with Crippen molar-refractivity contribution in [3.05, 3.63) is 71.8 Å². The van der Waals surface area contributed by atoms with Gasteiger partial charge in [0.15, 0.2) is 0 Å². The summed E-state index contributed by atoms with van der Waals surface area (Å²) in [5, 5.41) is 0. The molecule has 4 heteroatoms. The van der Waals surface area contributed by atoms with Crippen molar-refractivity contribution < 1.29 is 9.59 Å². The zero-order valence-electron chi connectivity index (χ0n) is 13.3. The van der Waals surface area contributed by atoms with Crippen molar-refractivity contribution in [3.63, 3.8) is 0 Å². The van der Waals surface area contributed by atoms with Crippen molar-refractivity contribution >= 4 is 11.8 Å². The number of hydrogen-bond acceptors (Lipinski definition) is 2. The Balaban J connectivity index is 1.25. The van der Waals surface area contributed by atoms with Crippen LogP contribution in [0.25, 0.3) is 0 Å². The average Bonchev–Trinajstić information content (AvgIpc) is 3.54. The molecule has 0 radical (unpaired) electrons. The van der Waals surface area contributed by atoms with Gasteiger partial charge >= 0.3 is 0 Å². The fourth-order valence-corrected chi connectivity index (χ4v) is 3.42. The van der Waals surface area contributed by atoms with Crippen LogP contribution in [-0.4, -0.2) is 11.8 Å². The molecule has 2 aliphatic rings. The van der Waals surface area contributed by atoms with Gasteiger partial charge in [0.1, 0.15) is 0 Å². The minimum Gasteiger partial charge on any atom is -0.273 e. The van der Waals surface area contributed by atoms with Crippen molar-refractivity contribution in [2.45, 2.75) is 24.7 Å². The first-order chi connectivity index (χ1) is 11.7. The molecule has 0 unspecified atom stereocenters. The van der Waals surface area contributed by atoms with Crippen LogP contribution in [0.5, 0.6) is 0 Å². The third kappa shape index (κ3) is 3.04. The minimum absolute atomic E-state index is 0.0307. The van der Waals surface area contributed by atoms with E-state index in [9.17, 15) is 9.59 Å². The van der Waals surface area contributed by atoms with Crippen LogP contribution < -0.4 is 10.9 Å². The number of hydrazine groups is 1. The van der Waals surface area contributed by atoms with Gasteiger partial charge in [-0.05, 0) is 35.8 Å². The van der Waals surface area contributed by atoms with Crippen molar-refractivity contribution in [1.82, 2.24) is 10.9 Å². The molecule has 2 saturated carbocycles. The van der Waals surface area contributed by atoms with Gasteiger partial charge in [0.25, 0.3) is 0 Å². The van der Waals surface area contributed by atoms with Crippen LogP contribution in [0.4, 0.5) is 0 Å². The summed E-state index contributed by atoms with van der Waals surface area (Å²) >= 11 is 0. The van der Waals surface area contributed by atoms with Gasteiger partial charge in [-0.3, -0.25) is 20.4 Å². The van der Waals surface area contributed by atoms with E-state index in [0.29, 0.717) is 0 Å². The van der Waals surface area contributed by atoms with E-state index in [1.165, 1.54) is 11.1 Å². The number of nitrogens with one attached hydrogen (secondary N) is 2. The van der Waals surface area contributed by atoms with Gasteiger partial charge in [-0.2, -0.15) is 0 Å². The Morgan fingerprint density at radius 2 is 1.04 bits per heavy atom. The van der Waals surface area contributed by atoms with Crippen LogP contribution in [0, 0.1) is 11.8 Å². The summed E-state index contributed by atoms with van der Waals surface area (Å²) in [5.74, 6) is 0.319. The minimum atomic E-state index is -0.0888. The lowest BCUT2D eigenvalue weighted by Crippen LogP contribution is -2.43. The van der Waals surface area contributed by atoms with E-state index < -0.39 is 0 Å². The second-order valence-electron chi connectivity index (χ2n) is 6.70. The summed E-state index contributed by atoms with van der Waals surface area (Å²) in [5.41, 5.74) is 7.58. The highest BCUT2D eigenvalue weighted by atomic mass is 16.2. The van der Waals surface area contributed by atoms with Crippen LogP contribution in [0.1, 0.15) is 35.8 Å². The zero-order valence-corrected chi connectivity index (χ0v) is 13.3. The van der Waals surface area contributed by atoms with Gasteiger partial charge in [0, 0.05) is 11.8 Å². The summed E-state index contributed by atoms with van der Waals surface area (Å²) in [6.07, 6.45) is 1.70. The molecule has 2 amide bonds. The van der Waals surface area contributed by atoms with E-state index >= 15 is 0 Å². The number of rotatable bonds is 4. The maximum Gasteiger partial charge on any atom is 0.242 e. The van der Waals surface area contributed by atoms with E-state index in [1.54, 1.807) is 0 Å². The lowest BCUT2D eigenvalue weighted by atomic mass is 10.1. The number of carbonyl (C=O) groups is 2. The van der Waals surface area contributed by atoms with Crippen LogP contribution in [0.3, 0.4) is 0 Å². The molecule has 2 aliphatic carbocycles. The molecule has 2 fully saturated rings. The van der Waals surface area contributed by atoms with Crippen molar-refractivity contribution in [2.24, 2.45) is 11.8 Å². The van der Waals surface area contributed by atoms with Crippen LogP contribution in [-0.2, 0) is 9.59 Å². The molecule has 2 aromatic carbocycles. The Bertz CT molecular complexity index is 679. The smallest absolute Gasteiger partial charge is 0.242 e. The van der Waals surface area contributed by atoms with Gasteiger partial charge in [-0.1, -0.05) is 60.7 Å². The maximum absolute atomic E-state index is 12.2. The van der Waals surface area contributed by atoms with Crippen molar-refractivity contribution in [1.29, 1.82) is 0 Å². The number of hydrogen-bond donors (Lipinski definition) is 2. The SMILES string of the molecule is O=C(NNC(=O)[C@@H]1C[C@@H]1c1ccccc1)[C@H]1C[C@H]1c1ccccc1. The number of benzene rings is 2. The van der Waals surface area contributed by atoms with Gasteiger partial charge < -0.3 is 0 Å². The average molecular weight is 320 g/mol.